The minimum Gasteiger partial charge on any atom is -0.488 e. The minimum absolute atomic E-state index is 0.000560. The van der Waals surface area contributed by atoms with Crippen LogP contribution in [0.1, 0.15) is 6.42 Å². The lowest BCUT2D eigenvalue weighted by Gasteiger charge is -2.18. The smallest absolute Gasteiger partial charge is 0.322 e. The second-order valence-corrected chi connectivity index (χ2v) is 5.47. The van der Waals surface area contributed by atoms with E-state index in [-0.39, 0.29) is 12.1 Å². The fourth-order valence-electron chi connectivity index (χ4n) is 2.37. The quantitative estimate of drug-likeness (QED) is 0.943. The van der Waals surface area contributed by atoms with Gasteiger partial charge >= 0.3 is 6.03 Å². The van der Waals surface area contributed by atoms with Crippen LogP contribution in [0.4, 0.5) is 10.5 Å². The second kappa shape index (κ2) is 6.66. The fraction of sp³-hybridized carbons (Fsp3) is 0.250. The molecule has 0 unspecified atom stereocenters. The lowest BCUT2D eigenvalue weighted by Crippen LogP contribution is -2.34. The van der Waals surface area contributed by atoms with E-state index in [1.54, 1.807) is 29.4 Å². The zero-order chi connectivity index (χ0) is 15.4. The number of likely N-dealkylation sites (tertiary alicyclic amines) is 1. The summed E-state index contributed by atoms with van der Waals surface area (Å²) in [7, 11) is 0. The molecule has 3 rings (SSSR count). The number of carbonyl (C=O) groups is 1. The Kier molecular flexibility index (Phi) is 4.44. The number of rotatable bonds is 3. The number of nitrogens with one attached hydrogen (secondary N) is 1. The van der Waals surface area contributed by atoms with E-state index in [1.807, 2.05) is 24.3 Å². The van der Waals surface area contributed by atoms with Crippen molar-refractivity contribution in [2.45, 2.75) is 12.5 Å². The molecule has 0 saturated carbocycles. The van der Waals surface area contributed by atoms with Crippen molar-refractivity contribution >= 4 is 23.3 Å². The number of pyridine rings is 1. The number of ether oxygens (including phenoxy) is 1. The van der Waals surface area contributed by atoms with Crippen LogP contribution >= 0.6 is 11.6 Å². The van der Waals surface area contributed by atoms with E-state index in [1.165, 1.54) is 0 Å². The Labute approximate surface area is 133 Å². The van der Waals surface area contributed by atoms with Crippen LogP contribution < -0.4 is 10.1 Å². The molecule has 1 saturated heterocycles. The first-order valence-electron chi connectivity index (χ1n) is 7.09. The Morgan fingerprint density at radius 3 is 2.82 bits per heavy atom. The summed E-state index contributed by atoms with van der Waals surface area (Å²) in [6, 6.07) is 10.7. The molecule has 1 aromatic carbocycles. The number of halogens is 1. The summed E-state index contributed by atoms with van der Waals surface area (Å²) in [5, 5.41) is 3.35. The van der Waals surface area contributed by atoms with Gasteiger partial charge in [-0.15, -0.1) is 0 Å². The molecule has 2 heterocycles. The lowest BCUT2D eigenvalue weighted by atomic mass is 10.3. The lowest BCUT2D eigenvalue weighted by molar-refractivity contribution is 0.194. The van der Waals surface area contributed by atoms with Gasteiger partial charge in [0.25, 0.3) is 0 Å². The maximum absolute atomic E-state index is 12.3. The molecule has 2 aromatic rings. The summed E-state index contributed by atoms with van der Waals surface area (Å²) in [4.78, 5) is 17.9. The van der Waals surface area contributed by atoms with E-state index in [4.69, 9.17) is 16.3 Å². The molecule has 1 atom stereocenters. The Morgan fingerprint density at radius 2 is 2.05 bits per heavy atom. The van der Waals surface area contributed by atoms with Crippen molar-refractivity contribution < 1.29 is 9.53 Å². The van der Waals surface area contributed by atoms with Crippen molar-refractivity contribution in [3.05, 3.63) is 53.8 Å². The topological polar surface area (TPSA) is 54.5 Å². The Hall–Kier alpha value is -2.27. The number of para-hydroxylation sites is 1. The maximum Gasteiger partial charge on any atom is 0.322 e. The van der Waals surface area contributed by atoms with Gasteiger partial charge in [-0.25, -0.2) is 4.79 Å². The number of carbonyl (C=O) groups excluding carboxylic acids is 1. The van der Waals surface area contributed by atoms with Gasteiger partial charge in [-0.2, -0.15) is 0 Å². The molecule has 2 amide bonds. The van der Waals surface area contributed by atoms with Gasteiger partial charge in [-0.3, -0.25) is 4.98 Å². The van der Waals surface area contributed by atoms with Gasteiger partial charge in [0.05, 0.1) is 17.3 Å². The van der Waals surface area contributed by atoms with Crippen molar-refractivity contribution in [2.24, 2.45) is 0 Å². The predicted octanol–water partition coefficient (Wildman–Crippen LogP) is 3.42. The van der Waals surface area contributed by atoms with Crippen LogP contribution in [0.3, 0.4) is 0 Å². The highest BCUT2D eigenvalue weighted by molar-refractivity contribution is 6.33. The van der Waals surface area contributed by atoms with Crippen LogP contribution in [0.15, 0.2) is 48.8 Å². The first-order chi connectivity index (χ1) is 10.7. The molecule has 0 bridgehead atoms. The summed E-state index contributed by atoms with van der Waals surface area (Å²) in [6.45, 7) is 1.21. The molecule has 22 heavy (non-hydrogen) atoms. The first-order valence-corrected chi connectivity index (χ1v) is 7.47. The third kappa shape index (κ3) is 3.49. The van der Waals surface area contributed by atoms with Crippen LogP contribution in [-0.4, -0.2) is 35.1 Å². The van der Waals surface area contributed by atoms with E-state index >= 15 is 0 Å². The van der Waals surface area contributed by atoms with E-state index in [0.717, 1.165) is 12.2 Å². The highest BCUT2D eigenvalue weighted by Gasteiger charge is 2.27. The van der Waals surface area contributed by atoms with Crippen molar-refractivity contribution in [3.63, 3.8) is 0 Å². The zero-order valence-electron chi connectivity index (χ0n) is 11.9. The fourth-order valence-corrected chi connectivity index (χ4v) is 2.56. The predicted molar refractivity (Wildman–Crippen MR) is 85.3 cm³/mol. The van der Waals surface area contributed by atoms with E-state index in [9.17, 15) is 4.79 Å². The third-order valence-electron chi connectivity index (χ3n) is 3.50. The largest absolute Gasteiger partial charge is 0.488 e. The SMILES string of the molecule is O=C(Nc1ccccc1Cl)N1CC[C@@H](Oc2ccncc2)C1. The summed E-state index contributed by atoms with van der Waals surface area (Å²) >= 11 is 6.05. The van der Waals surface area contributed by atoms with Crippen molar-refractivity contribution in [1.82, 2.24) is 9.88 Å². The molecular formula is C16H16ClN3O2. The van der Waals surface area contributed by atoms with Crippen LogP contribution in [-0.2, 0) is 0 Å². The highest BCUT2D eigenvalue weighted by Crippen LogP contribution is 2.22. The first kappa shape index (κ1) is 14.7. The minimum atomic E-state index is -0.158. The summed E-state index contributed by atoms with van der Waals surface area (Å²) in [6.07, 6.45) is 4.18. The van der Waals surface area contributed by atoms with Gasteiger partial charge in [-0.1, -0.05) is 23.7 Å². The van der Waals surface area contributed by atoms with Gasteiger partial charge in [0.2, 0.25) is 0 Å². The van der Waals surface area contributed by atoms with Crippen molar-refractivity contribution in [3.8, 4) is 5.75 Å². The molecule has 1 fully saturated rings. The summed E-state index contributed by atoms with van der Waals surface area (Å²) in [5.41, 5.74) is 0.618. The van der Waals surface area contributed by atoms with E-state index < -0.39 is 0 Å². The third-order valence-corrected chi connectivity index (χ3v) is 3.83. The molecular weight excluding hydrogens is 302 g/mol. The summed E-state index contributed by atoms with van der Waals surface area (Å²) < 4.78 is 5.84. The van der Waals surface area contributed by atoms with Crippen LogP contribution in [0, 0.1) is 0 Å². The highest BCUT2D eigenvalue weighted by atomic mass is 35.5. The average Bonchev–Trinajstić information content (AvgIpc) is 2.99. The van der Waals surface area contributed by atoms with Crippen LogP contribution in [0.25, 0.3) is 0 Å². The van der Waals surface area contributed by atoms with E-state index in [0.29, 0.717) is 23.8 Å². The molecule has 1 aliphatic rings. The molecule has 114 valence electrons. The molecule has 1 aliphatic heterocycles. The number of nitrogens with zero attached hydrogens (tertiary/aromatic N) is 2. The number of aromatic nitrogens is 1. The molecule has 0 spiro atoms. The number of urea groups is 1. The van der Waals surface area contributed by atoms with Crippen molar-refractivity contribution in [1.29, 1.82) is 0 Å². The maximum atomic E-state index is 12.3. The monoisotopic (exact) mass is 317 g/mol. The zero-order valence-corrected chi connectivity index (χ0v) is 12.7. The number of benzene rings is 1. The summed E-state index contributed by atoms with van der Waals surface area (Å²) in [5.74, 6) is 0.772. The second-order valence-electron chi connectivity index (χ2n) is 5.07. The number of amides is 2. The number of anilines is 1. The van der Waals surface area contributed by atoms with Gasteiger partial charge in [0.1, 0.15) is 11.9 Å². The van der Waals surface area contributed by atoms with Crippen LogP contribution in [0.2, 0.25) is 5.02 Å². The Balaban J connectivity index is 1.56. The molecule has 5 nitrogen and oxygen atoms in total. The van der Waals surface area contributed by atoms with Gasteiger partial charge in [-0.05, 0) is 24.3 Å². The van der Waals surface area contributed by atoms with Gasteiger partial charge in [0, 0.05) is 25.4 Å². The Bertz CT molecular complexity index is 651. The van der Waals surface area contributed by atoms with Crippen LogP contribution in [0.5, 0.6) is 5.75 Å². The molecule has 0 aliphatic carbocycles. The standard InChI is InChI=1S/C16H16ClN3O2/c17-14-3-1-2-4-15(14)19-16(21)20-10-7-13(11-20)22-12-5-8-18-9-6-12/h1-6,8-9,13H,7,10-11H2,(H,19,21)/t13-/m1/s1. The normalized spacial score (nSPS) is 17.3. The molecule has 6 heteroatoms. The number of hydrogen-bond donors (Lipinski definition) is 1. The van der Waals surface area contributed by atoms with E-state index in [2.05, 4.69) is 10.3 Å². The molecule has 0 radical (unpaired) electrons. The van der Waals surface area contributed by atoms with Crippen molar-refractivity contribution in [2.75, 3.05) is 18.4 Å². The van der Waals surface area contributed by atoms with Gasteiger partial charge < -0.3 is 15.0 Å². The Morgan fingerprint density at radius 1 is 1.27 bits per heavy atom. The molecule has 1 aromatic heterocycles. The number of hydrogen-bond acceptors (Lipinski definition) is 3. The average molecular weight is 318 g/mol. The molecule has 1 N–H and O–H groups in total. The van der Waals surface area contributed by atoms with Gasteiger partial charge in [0.15, 0.2) is 0 Å².